The molecule has 2 aromatic carbocycles. The number of nitrogens with one attached hydrogen (secondary N) is 1. The van der Waals surface area contributed by atoms with Gasteiger partial charge in [0.15, 0.2) is 9.84 Å². The summed E-state index contributed by atoms with van der Waals surface area (Å²) in [5, 5.41) is 3.53. The second-order valence-electron chi connectivity index (χ2n) is 4.42. The zero-order chi connectivity index (χ0) is 16.3. The molecular weight excluding hydrogens is 369 g/mol. The largest absolute Gasteiger partial charge is 0.325 e. The summed E-state index contributed by atoms with van der Waals surface area (Å²) in [6.07, 6.45) is 0. The summed E-state index contributed by atoms with van der Waals surface area (Å²) in [4.78, 5) is 11.9. The fourth-order valence-electron chi connectivity index (χ4n) is 1.72. The number of carbonyl (C=O) groups excluding carboxylic acids is 1. The van der Waals surface area contributed by atoms with Crippen molar-refractivity contribution in [3.05, 3.63) is 57.5 Å². The van der Waals surface area contributed by atoms with Crippen molar-refractivity contribution in [2.75, 3.05) is 11.1 Å². The number of hydrogen-bond acceptors (Lipinski definition) is 3. The Morgan fingerprint density at radius 2 is 1.45 bits per heavy atom. The number of hydrogen-bond donors (Lipinski definition) is 1. The molecule has 116 valence electrons. The van der Waals surface area contributed by atoms with Gasteiger partial charge in [-0.25, -0.2) is 8.42 Å². The number of carbonyl (C=O) groups is 1. The molecule has 0 atom stereocenters. The van der Waals surface area contributed by atoms with Crippen LogP contribution in [0.15, 0.2) is 47.4 Å². The summed E-state index contributed by atoms with van der Waals surface area (Å²) in [7, 11) is -3.75. The van der Waals surface area contributed by atoms with Gasteiger partial charge in [-0.2, -0.15) is 0 Å². The number of amides is 1. The van der Waals surface area contributed by atoms with Crippen molar-refractivity contribution in [2.24, 2.45) is 0 Å². The molecule has 0 saturated heterocycles. The first-order valence-corrected chi connectivity index (χ1v) is 8.79. The normalized spacial score (nSPS) is 11.2. The average molecular weight is 379 g/mol. The lowest BCUT2D eigenvalue weighted by Crippen LogP contribution is -2.23. The lowest BCUT2D eigenvalue weighted by molar-refractivity contribution is -0.113. The average Bonchev–Trinajstić information content (AvgIpc) is 2.36. The van der Waals surface area contributed by atoms with Gasteiger partial charge >= 0.3 is 0 Å². The van der Waals surface area contributed by atoms with Crippen LogP contribution in [0.1, 0.15) is 0 Å². The number of halogens is 3. The van der Waals surface area contributed by atoms with Crippen LogP contribution in [-0.2, 0) is 14.6 Å². The quantitative estimate of drug-likeness (QED) is 0.872. The summed E-state index contributed by atoms with van der Waals surface area (Å²) in [5.74, 6) is -1.38. The van der Waals surface area contributed by atoms with Crippen molar-refractivity contribution in [1.82, 2.24) is 0 Å². The van der Waals surface area contributed by atoms with Crippen LogP contribution < -0.4 is 5.32 Å². The molecule has 0 spiro atoms. The molecule has 0 radical (unpaired) electrons. The van der Waals surface area contributed by atoms with Gasteiger partial charge in [0, 0.05) is 20.8 Å². The minimum atomic E-state index is -3.75. The standard InChI is InChI=1S/C14H10Cl3NO3S/c15-9-1-3-13(4-2-9)22(20,21)8-14(19)18-12-6-10(16)5-11(17)7-12/h1-7H,8H2,(H,18,19). The highest BCUT2D eigenvalue weighted by Crippen LogP contribution is 2.22. The molecule has 22 heavy (non-hydrogen) atoms. The molecule has 8 heteroatoms. The predicted molar refractivity (Wildman–Crippen MR) is 88.6 cm³/mol. The molecule has 0 fully saturated rings. The highest BCUT2D eigenvalue weighted by molar-refractivity contribution is 7.92. The van der Waals surface area contributed by atoms with Crippen LogP contribution in [-0.4, -0.2) is 20.1 Å². The van der Waals surface area contributed by atoms with Crippen LogP contribution in [0.2, 0.25) is 15.1 Å². The number of anilines is 1. The van der Waals surface area contributed by atoms with Crippen LogP contribution in [0.25, 0.3) is 0 Å². The van der Waals surface area contributed by atoms with Crippen molar-refractivity contribution >= 4 is 56.2 Å². The van der Waals surface area contributed by atoms with E-state index in [9.17, 15) is 13.2 Å². The Hall–Kier alpha value is -1.27. The Bertz CT molecular complexity index is 784. The molecule has 0 heterocycles. The number of rotatable bonds is 4. The molecule has 0 aromatic heterocycles. The van der Waals surface area contributed by atoms with E-state index in [1.807, 2.05) is 0 Å². The summed E-state index contributed by atoms with van der Waals surface area (Å²) in [5.41, 5.74) is 0.328. The highest BCUT2D eigenvalue weighted by atomic mass is 35.5. The molecule has 0 bridgehead atoms. The minimum Gasteiger partial charge on any atom is -0.325 e. The van der Waals surface area contributed by atoms with E-state index in [1.54, 1.807) is 0 Å². The lowest BCUT2D eigenvalue weighted by Gasteiger charge is -2.07. The molecular formula is C14H10Cl3NO3S. The third-order valence-electron chi connectivity index (χ3n) is 2.64. The van der Waals surface area contributed by atoms with E-state index in [0.717, 1.165) is 0 Å². The SMILES string of the molecule is O=C(CS(=O)(=O)c1ccc(Cl)cc1)Nc1cc(Cl)cc(Cl)c1. The predicted octanol–water partition coefficient (Wildman–Crippen LogP) is 4.06. The molecule has 2 aromatic rings. The Balaban J connectivity index is 2.12. The smallest absolute Gasteiger partial charge is 0.239 e. The molecule has 0 saturated carbocycles. The van der Waals surface area contributed by atoms with Crippen LogP contribution in [0.3, 0.4) is 0 Å². The van der Waals surface area contributed by atoms with E-state index in [-0.39, 0.29) is 4.90 Å². The van der Waals surface area contributed by atoms with Gasteiger partial charge in [-0.15, -0.1) is 0 Å². The monoisotopic (exact) mass is 377 g/mol. The van der Waals surface area contributed by atoms with Crippen LogP contribution >= 0.6 is 34.8 Å². The van der Waals surface area contributed by atoms with E-state index in [2.05, 4.69) is 5.32 Å². The Morgan fingerprint density at radius 1 is 0.909 bits per heavy atom. The van der Waals surface area contributed by atoms with Crippen molar-refractivity contribution in [3.8, 4) is 0 Å². The van der Waals surface area contributed by atoms with Gasteiger partial charge in [0.1, 0.15) is 5.75 Å². The lowest BCUT2D eigenvalue weighted by atomic mass is 10.3. The van der Waals surface area contributed by atoms with E-state index >= 15 is 0 Å². The van der Waals surface area contributed by atoms with Crippen LogP contribution in [0.5, 0.6) is 0 Å². The second kappa shape index (κ2) is 6.87. The first-order valence-electron chi connectivity index (χ1n) is 6.00. The van der Waals surface area contributed by atoms with Gasteiger partial charge in [-0.1, -0.05) is 34.8 Å². The maximum atomic E-state index is 12.1. The highest BCUT2D eigenvalue weighted by Gasteiger charge is 2.19. The number of sulfone groups is 1. The molecule has 2 rings (SSSR count). The van der Waals surface area contributed by atoms with Gasteiger partial charge in [0.05, 0.1) is 4.90 Å². The van der Waals surface area contributed by atoms with Gasteiger partial charge in [0.25, 0.3) is 0 Å². The summed E-state index contributed by atoms with van der Waals surface area (Å²) < 4.78 is 24.2. The zero-order valence-electron chi connectivity index (χ0n) is 11.0. The fraction of sp³-hybridized carbons (Fsp3) is 0.0714. The maximum absolute atomic E-state index is 12.1. The molecule has 0 unspecified atom stereocenters. The molecule has 0 aliphatic heterocycles. The molecule has 0 aliphatic carbocycles. The fourth-order valence-corrected chi connectivity index (χ4v) is 3.51. The van der Waals surface area contributed by atoms with E-state index in [4.69, 9.17) is 34.8 Å². The number of benzene rings is 2. The molecule has 4 nitrogen and oxygen atoms in total. The Morgan fingerprint density at radius 3 is 2.00 bits per heavy atom. The van der Waals surface area contributed by atoms with Crippen molar-refractivity contribution in [3.63, 3.8) is 0 Å². The topological polar surface area (TPSA) is 63.2 Å². The molecule has 1 N–H and O–H groups in total. The minimum absolute atomic E-state index is 0.0242. The van der Waals surface area contributed by atoms with Crippen LogP contribution in [0.4, 0.5) is 5.69 Å². The van der Waals surface area contributed by atoms with E-state index in [0.29, 0.717) is 20.8 Å². The van der Waals surface area contributed by atoms with Crippen molar-refractivity contribution < 1.29 is 13.2 Å². The summed E-state index contributed by atoms with van der Waals surface area (Å²) >= 11 is 17.3. The maximum Gasteiger partial charge on any atom is 0.239 e. The van der Waals surface area contributed by atoms with Crippen LogP contribution in [0, 0.1) is 0 Å². The third kappa shape index (κ3) is 4.61. The van der Waals surface area contributed by atoms with Gasteiger partial charge in [-0.3, -0.25) is 4.79 Å². The van der Waals surface area contributed by atoms with E-state index < -0.39 is 21.5 Å². The van der Waals surface area contributed by atoms with Crippen molar-refractivity contribution in [2.45, 2.75) is 4.90 Å². The summed E-state index contributed by atoms with van der Waals surface area (Å²) in [6.45, 7) is 0. The van der Waals surface area contributed by atoms with Gasteiger partial charge in [0.2, 0.25) is 5.91 Å². The van der Waals surface area contributed by atoms with E-state index in [1.165, 1.54) is 42.5 Å². The Labute approximate surface area is 142 Å². The third-order valence-corrected chi connectivity index (χ3v) is 4.96. The second-order valence-corrected chi connectivity index (χ2v) is 7.72. The summed E-state index contributed by atoms with van der Waals surface area (Å²) in [6, 6.07) is 10.0. The molecule has 0 aliphatic rings. The van der Waals surface area contributed by atoms with Gasteiger partial charge < -0.3 is 5.32 Å². The first kappa shape index (κ1) is 17.1. The first-order chi connectivity index (χ1) is 10.3. The zero-order valence-corrected chi connectivity index (χ0v) is 14.1. The van der Waals surface area contributed by atoms with Crippen molar-refractivity contribution in [1.29, 1.82) is 0 Å². The molecule has 1 amide bonds. The Kier molecular flexibility index (Phi) is 5.34. The van der Waals surface area contributed by atoms with Gasteiger partial charge in [-0.05, 0) is 42.5 Å².